The molecule has 0 fully saturated rings. The number of hydrogen-bond acceptors (Lipinski definition) is 0. The summed E-state index contributed by atoms with van der Waals surface area (Å²) in [5.41, 5.74) is 13.0. The molecule has 8 aromatic rings. The van der Waals surface area contributed by atoms with Gasteiger partial charge >= 0.3 is 0 Å². The van der Waals surface area contributed by atoms with Gasteiger partial charge in [0.15, 0.2) is 0 Å². The molecular weight excluding hydrogens is 546 g/mol. The van der Waals surface area contributed by atoms with Crippen LogP contribution in [0.5, 0.6) is 0 Å². The molecule has 214 valence electrons. The van der Waals surface area contributed by atoms with Crippen molar-refractivity contribution >= 4 is 55.8 Å². The predicted octanol–water partition coefficient (Wildman–Crippen LogP) is 10.5. The van der Waals surface area contributed by atoms with E-state index in [4.69, 9.17) is 0 Å². The van der Waals surface area contributed by atoms with Gasteiger partial charge in [0.05, 0.1) is 22.6 Å². The van der Waals surface area contributed by atoms with Crippen molar-refractivity contribution in [3.8, 4) is 11.4 Å². The van der Waals surface area contributed by atoms with Gasteiger partial charge in [0, 0.05) is 67.4 Å². The second-order valence-corrected chi connectivity index (χ2v) is 12.4. The van der Waals surface area contributed by atoms with Crippen LogP contribution in [0.2, 0.25) is 0 Å². The molecule has 10 rings (SSSR count). The van der Waals surface area contributed by atoms with E-state index in [0.717, 1.165) is 19.3 Å². The Balaban J connectivity index is 1.17. The Morgan fingerprint density at radius 3 is 1.76 bits per heavy atom. The van der Waals surface area contributed by atoms with Gasteiger partial charge in [-0.2, -0.15) is 0 Å². The SMILES string of the molecule is C1=Cc2c(n(C3C=Cc4c(n(-c5cccc(-n6c7ccccc7c7ccccc76)c5)c5ccccc45)C3)c3ccccc23)CC1. The number of aromatic nitrogens is 3. The van der Waals surface area contributed by atoms with Crippen LogP contribution in [0.1, 0.15) is 35.0 Å². The second-order valence-electron chi connectivity index (χ2n) is 12.4. The summed E-state index contributed by atoms with van der Waals surface area (Å²) in [5, 5.41) is 5.24. The molecule has 0 radical (unpaired) electrons. The molecule has 0 saturated heterocycles. The molecule has 3 heterocycles. The molecule has 3 aromatic heterocycles. The first-order valence-electron chi connectivity index (χ1n) is 16.0. The molecule has 0 bridgehead atoms. The Morgan fingerprint density at radius 2 is 1.04 bits per heavy atom. The minimum absolute atomic E-state index is 0.251. The molecule has 45 heavy (non-hydrogen) atoms. The van der Waals surface area contributed by atoms with Gasteiger partial charge in [-0.3, -0.25) is 0 Å². The van der Waals surface area contributed by atoms with Crippen molar-refractivity contribution in [2.75, 3.05) is 0 Å². The Labute approximate surface area is 261 Å². The Hall–Kier alpha value is -5.54. The molecule has 0 spiro atoms. The van der Waals surface area contributed by atoms with Gasteiger partial charge in [-0.1, -0.05) is 103 Å². The average Bonchev–Trinajstić information content (AvgIpc) is 3.74. The van der Waals surface area contributed by atoms with Crippen LogP contribution in [0.4, 0.5) is 0 Å². The fraction of sp³-hybridized carbons (Fsp3) is 0.0952. The highest BCUT2D eigenvalue weighted by Gasteiger charge is 2.27. The lowest BCUT2D eigenvalue weighted by Crippen LogP contribution is -2.18. The van der Waals surface area contributed by atoms with Crippen molar-refractivity contribution in [1.29, 1.82) is 0 Å². The predicted molar refractivity (Wildman–Crippen MR) is 189 cm³/mol. The normalized spacial score (nSPS) is 15.8. The summed E-state index contributed by atoms with van der Waals surface area (Å²) < 4.78 is 7.57. The number of fused-ring (bicyclic) bond motifs is 9. The van der Waals surface area contributed by atoms with Gasteiger partial charge < -0.3 is 13.7 Å². The van der Waals surface area contributed by atoms with E-state index in [1.54, 1.807) is 0 Å². The monoisotopic (exact) mass is 577 g/mol. The van der Waals surface area contributed by atoms with E-state index < -0.39 is 0 Å². The van der Waals surface area contributed by atoms with Crippen LogP contribution in [0.15, 0.2) is 133 Å². The largest absolute Gasteiger partial charge is 0.337 e. The molecule has 1 unspecified atom stereocenters. The third kappa shape index (κ3) is 3.52. The van der Waals surface area contributed by atoms with E-state index >= 15 is 0 Å². The van der Waals surface area contributed by atoms with Crippen LogP contribution in [-0.2, 0) is 12.8 Å². The molecule has 5 aromatic carbocycles. The van der Waals surface area contributed by atoms with E-state index in [2.05, 4.69) is 159 Å². The molecule has 2 aliphatic rings. The van der Waals surface area contributed by atoms with Crippen LogP contribution in [-0.4, -0.2) is 13.7 Å². The molecule has 0 amide bonds. The quantitative estimate of drug-likeness (QED) is 0.198. The van der Waals surface area contributed by atoms with E-state index in [1.165, 1.54) is 77.5 Å². The zero-order valence-corrected chi connectivity index (χ0v) is 24.9. The molecular formula is C42H31N3. The second kappa shape index (κ2) is 9.48. The number of para-hydroxylation sites is 4. The lowest BCUT2D eigenvalue weighted by Gasteiger charge is -2.25. The minimum Gasteiger partial charge on any atom is -0.337 e. The number of nitrogens with zero attached hydrogens (tertiary/aromatic N) is 3. The molecule has 3 nitrogen and oxygen atoms in total. The number of rotatable bonds is 3. The maximum atomic E-state index is 2.63. The molecule has 3 heteroatoms. The highest BCUT2D eigenvalue weighted by Crippen LogP contribution is 2.41. The minimum atomic E-state index is 0.251. The number of allylic oxidation sites excluding steroid dienone is 2. The molecule has 0 saturated carbocycles. The van der Waals surface area contributed by atoms with Crippen molar-refractivity contribution in [1.82, 2.24) is 13.7 Å². The average molecular weight is 578 g/mol. The van der Waals surface area contributed by atoms with Crippen LogP contribution >= 0.6 is 0 Å². The smallest absolute Gasteiger partial charge is 0.0577 e. The molecule has 2 aliphatic carbocycles. The topological polar surface area (TPSA) is 14.8 Å². The first-order valence-corrected chi connectivity index (χ1v) is 16.0. The van der Waals surface area contributed by atoms with Gasteiger partial charge in [-0.05, 0) is 55.3 Å². The summed E-state index contributed by atoms with van der Waals surface area (Å²) in [7, 11) is 0. The molecule has 0 N–H and O–H groups in total. The molecule has 1 atom stereocenters. The first kappa shape index (κ1) is 24.9. The first-order chi connectivity index (χ1) is 22.3. The number of hydrogen-bond donors (Lipinski definition) is 0. The lowest BCUT2D eigenvalue weighted by molar-refractivity contribution is 0.579. The lowest BCUT2D eigenvalue weighted by atomic mass is 9.97. The van der Waals surface area contributed by atoms with Gasteiger partial charge in [-0.15, -0.1) is 0 Å². The summed E-state index contributed by atoms with van der Waals surface area (Å²) in [6, 6.07) is 44.7. The van der Waals surface area contributed by atoms with Crippen molar-refractivity contribution in [3.63, 3.8) is 0 Å². The van der Waals surface area contributed by atoms with Crippen LogP contribution in [0, 0.1) is 0 Å². The van der Waals surface area contributed by atoms with Crippen LogP contribution in [0.25, 0.3) is 67.1 Å². The fourth-order valence-corrected chi connectivity index (χ4v) is 8.21. The van der Waals surface area contributed by atoms with Gasteiger partial charge in [0.2, 0.25) is 0 Å². The van der Waals surface area contributed by atoms with Gasteiger partial charge in [0.1, 0.15) is 0 Å². The zero-order chi connectivity index (χ0) is 29.5. The van der Waals surface area contributed by atoms with Crippen molar-refractivity contribution < 1.29 is 0 Å². The Bertz CT molecular complexity index is 2480. The van der Waals surface area contributed by atoms with Crippen molar-refractivity contribution in [2.45, 2.75) is 25.3 Å². The summed E-state index contributed by atoms with van der Waals surface area (Å²) in [6.07, 6.45) is 12.6. The Morgan fingerprint density at radius 1 is 0.489 bits per heavy atom. The van der Waals surface area contributed by atoms with Gasteiger partial charge in [-0.25, -0.2) is 0 Å². The summed E-state index contributed by atoms with van der Waals surface area (Å²) in [6.45, 7) is 0. The van der Waals surface area contributed by atoms with E-state index in [-0.39, 0.29) is 6.04 Å². The highest BCUT2D eigenvalue weighted by molar-refractivity contribution is 6.09. The third-order valence-corrected chi connectivity index (χ3v) is 10.0. The Kier molecular flexibility index (Phi) is 5.23. The van der Waals surface area contributed by atoms with E-state index in [9.17, 15) is 0 Å². The van der Waals surface area contributed by atoms with Crippen molar-refractivity contribution in [2.24, 2.45) is 0 Å². The fourth-order valence-electron chi connectivity index (χ4n) is 8.21. The van der Waals surface area contributed by atoms with Crippen LogP contribution < -0.4 is 0 Å². The maximum Gasteiger partial charge on any atom is 0.0577 e. The summed E-state index contributed by atoms with van der Waals surface area (Å²) in [4.78, 5) is 0. The zero-order valence-electron chi connectivity index (χ0n) is 24.9. The standard InChI is InChI=1S/C42H31N3/c1-6-19-37-31(14-1)32-15-2-7-20-38(32)43(37)28-12-11-13-29(26-28)45-41-23-10-5-18-35(41)36-25-24-30(27-42(36)45)44-39-21-8-3-16-33(39)34-17-4-9-22-40(34)44/h1-8,10-21,23-26,30H,9,22,27H2. The third-order valence-electron chi connectivity index (χ3n) is 10.0. The van der Waals surface area contributed by atoms with E-state index in [1.807, 2.05) is 0 Å². The van der Waals surface area contributed by atoms with Crippen molar-refractivity contribution in [3.05, 3.63) is 156 Å². The highest BCUT2D eigenvalue weighted by atomic mass is 15.1. The van der Waals surface area contributed by atoms with Gasteiger partial charge in [0.25, 0.3) is 0 Å². The summed E-state index contributed by atoms with van der Waals surface area (Å²) in [5.74, 6) is 0. The van der Waals surface area contributed by atoms with Crippen LogP contribution in [0.3, 0.4) is 0 Å². The number of benzene rings is 5. The van der Waals surface area contributed by atoms with E-state index in [0.29, 0.717) is 0 Å². The summed E-state index contributed by atoms with van der Waals surface area (Å²) >= 11 is 0. The maximum absolute atomic E-state index is 2.63. The molecule has 0 aliphatic heterocycles.